The van der Waals surface area contributed by atoms with E-state index < -0.39 is 0 Å². The average Bonchev–Trinajstić information content (AvgIpc) is 3.37. The van der Waals surface area contributed by atoms with Crippen molar-refractivity contribution in [1.82, 2.24) is 4.90 Å². The first-order valence-electron chi connectivity index (χ1n) is 11.5. The summed E-state index contributed by atoms with van der Waals surface area (Å²) in [4.78, 5) is 28.0. The predicted molar refractivity (Wildman–Crippen MR) is 126 cm³/mol. The molecule has 1 amide bonds. The van der Waals surface area contributed by atoms with Gasteiger partial charge in [-0.3, -0.25) is 14.9 Å². The minimum Gasteiger partial charge on any atom is -0.494 e. The number of piperazine rings is 1. The Bertz CT molecular complexity index is 967. The minimum atomic E-state index is -0.366. The molecule has 33 heavy (non-hydrogen) atoms. The zero-order valence-corrected chi connectivity index (χ0v) is 18.9. The highest BCUT2D eigenvalue weighted by molar-refractivity contribution is 5.94. The number of hydrogen-bond donors (Lipinski definition) is 1. The standard InChI is InChI=1S/C24H30N4O5/c1-2-32-20-8-5-18(6-9-20)24(29)27-13-11-26(12-14-27)19-7-10-23(28(30)31)22(16-19)25-17-21-4-3-15-33-21/h5-10,16,21,25H,2-4,11-15,17H2,1H3/t21-/m0/s1. The number of nitrogens with zero attached hydrogens (tertiary/aromatic N) is 3. The van der Waals surface area contributed by atoms with E-state index in [1.54, 1.807) is 24.3 Å². The number of nitrogens with one attached hydrogen (secondary N) is 1. The molecule has 9 heteroatoms. The summed E-state index contributed by atoms with van der Waals surface area (Å²) in [7, 11) is 0. The highest BCUT2D eigenvalue weighted by Gasteiger charge is 2.24. The van der Waals surface area contributed by atoms with E-state index in [9.17, 15) is 14.9 Å². The van der Waals surface area contributed by atoms with E-state index in [-0.39, 0.29) is 22.6 Å². The first-order valence-corrected chi connectivity index (χ1v) is 11.5. The Morgan fingerprint density at radius 1 is 1.18 bits per heavy atom. The summed E-state index contributed by atoms with van der Waals surface area (Å²) in [5.74, 6) is 0.751. The number of anilines is 2. The molecule has 176 valence electrons. The van der Waals surface area contributed by atoms with Gasteiger partial charge in [-0.05, 0) is 56.2 Å². The van der Waals surface area contributed by atoms with Crippen molar-refractivity contribution in [3.63, 3.8) is 0 Å². The number of rotatable bonds is 8. The molecule has 0 unspecified atom stereocenters. The molecule has 4 rings (SSSR count). The van der Waals surface area contributed by atoms with Gasteiger partial charge >= 0.3 is 0 Å². The average molecular weight is 455 g/mol. The number of ether oxygens (including phenoxy) is 2. The normalized spacial score (nSPS) is 18.3. The van der Waals surface area contributed by atoms with Crippen molar-refractivity contribution in [3.8, 4) is 5.75 Å². The lowest BCUT2D eigenvalue weighted by molar-refractivity contribution is -0.383. The van der Waals surface area contributed by atoms with Gasteiger partial charge in [0.25, 0.3) is 11.6 Å². The van der Waals surface area contributed by atoms with Gasteiger partial charge in [-0.1, -0.05) is 0 Å². The summed E-state index contributed by atoms with van der Waals surface area (Å²) in [6, 6.07) is 12.4. The van der Waals surface area contributed by atoms with Gasteiger partial charge in [0.15, 0.2) is 0 Å². The molecule has 0 spiro atoms. The maximum Gasteiger partial charge on any atom is 0.292 e. The number of carbonyl (C=O) groups excluding carboxylic acids is 1. The maximum absolute atomic E-state index is 12.9. The molecule has 2 aromatic rings. The van der Waals surface area contributed by atoms with Gasteiger partial charge in [-0.25, -0.2) is 0 Å². The molecule has 1 atom stereocenters. The van der Waals surface area contributed by atoms with Gasteiger partial charge in [0, 0.05) is 56.6 Å². The number of nitro benzene ring substituents is 1. The zero-order valence-electron chi connectivity index (χ0n) is 18.9. The molecule has 0 saturated carbocycles. The second kappa shape index (κ2) is 10.5. The van der Waals surface area contributed by atoms with Crippen molar-refractivity contribution in [2.75, 3.05) is 56.2 Å². The molecule has 2 fully saturated rings. The Labute approximate surface area is 193 Å². The van der Waals surface area contributed by atoms with Crippen LogP contribution < -0.4 is 15.0 Å². The largest absolute Gasteiger partial charge is 0.494 e. The summed E-state index contributed by atoms with van der Waals surface area (Å²) in [6.07, 6.45) is 2.07. The van der Waals surface area contributed by atoms with Gasteiger partial charge in [0.05, 0.1) is 17.6 Å². The van der Waals surface area contributed by atoms with Crippen molar-refractivity contribution in [2.45, 2.75) is 25.9 Å². The van der Waals surface area contributed by atoms with Crippen LogP contribution in [0.3, 0.4) is 0 Å². The van der Waals surface area contributed by atoms with Crippen LogP contribution in [-0.2, 0) is 4.74 Å². The van der Waals surface area contributed by atoms with Crippen LogP contribution in [0.5, 0.6) is 5.75 Å². The molecule has 0 radical (unpaired) electrons. The first-order chi connectivity index (χ1) is 16.0. The highest BCUT2D eigenvalue weighted by Crippen LogP contribution is 2.31. The van der Waals surface area contributed by atoms with Crippen LogP contribution in [0.25, 0.3) is 0 Å². The Balaban J connectivity index is 1.38. The molecule has 2 aliphatic rings. The van der Waals surface area contributed by atoms with Gasteiger partial charge in [-0.2, -0.15) is 0 Å². The maximum atomic E-state index is 12.9. The summed E-state index contributed by atoms with van der Waals surface area (Å²) in [5.41, 5.74) is 2.11. The Morgan fingerprint density at radius 3 is 2.58 bits per heavy atom. The monoisotopic (exact) mass is 454 g/mol. The van der Waals surface area contributed by atoms with Gasteiger partial charge in [0.1, 0.15) is 11.4 Å². The molecular formula is C24H30N4O5. The van der Waals surface area contributed by atoms with E-state index in [1.165, 1.54) is 0 Å². The third-order valence-corrected chi connectivity index (χ3v) is 6.07. The lowest BCUT2D eigenvalue weighted by atomic mass is 10.1. The van der Waals surface area contributed by atoms with Crippen LogP contribution in [0.2, 0.25) is 0 Å². The van der Waals surface area contributed by atoms with E-state index in [1.807, 2.05) is 30.0 Å². The SMILES string of the molecule is CCOc1ccc(C(=O)N2CCN(c3ccc([N+](=O)[O-])c(NC[C@@H]4CCCO4)c3)CC2)cc1. The third kappa shape index (κ3) is 5.54. The predicted octanol–water partition coefficient (Wildman–Crippen LogP) is 3.55. The lowest BCUT2D eigenvalue weighted by Crippen LogP contribution is -2.48. The molecule has 0 bridgehead atoms. The summed E-state index contributed by atoms with van der Waals surface area (Å²) in [5, 5.41) is 14.7. The van der Waals surface area contributed by atoms with Crippen LogP contribution in [-0.4, -0.2) is 67.8 Å². The molecule has 2 saturated heterocycles. The molecular weight excluding hydrogens is 424 g/mol. The summed E-state index contributed by atoms with van der Waals surface area (Å²) in [6.45, 7) is 6.29. The first kappa shape index (κ1) is 22.8. The second-order valence-corrected chi connectivity index (χ2v) is 8.21. The van der Waals surface area contributed by atoms with Crippen LogP contribution in [0.4, 0.5) is 17.1 Å². The zero-order chi connectivity index (χ0) is 23.2. The van der Waals surface area contributed by atoms with E-state index in [4.69, 9.17) is 9.47 Å². The third-order valence-electron chi connectivity index (χ3n) is 6.07. The molecule has 0 aliphatic carbocycles. The van der Waals surface area contributed by atoms with E-state index >= 15 is 0 Å². The van der Waals surface area contributed by atoms with Crippen molar-refractivity contribution < 1.29 is 19.2 Å². The topological polar surface area (TPSA) is 97.2 Å². The minimum absolute atomic E-state index is 0.000294. The molecule has 9 nitrogen and oxygen atoms in total. The fraction of sp³-hybridized carbons (Fsp3) is 0.458. The second-order valence-electron chi connectivity index (χ2n) is 8.21. The van der Waals surface area contributed by atoms with Gasteiger partial charge in [-0.15, -0.1) is 0 Å². The van der Waals surface area contributed by atoms with E-state index in [0.29, 0.717) is 50.6 Å². The fourth-order valence-electron chi connectivity index (χ4n) is 4.26. The number of nitro groups is 1. The number of hydrogen-bond acceptors (Lipinski definition) is 7. The van der Waals surface area contributed by atoms with Crippen LogP contribution in [0.1, 0.15) is 30.1 Å². The van der Waals surface area contributed by atoms with Crippen molar-refractivity contribution in [2.24, 2.45) is 0 Å². The molecule has 2 aliphatic heterocycles. The molecule has 2 heterocycles. The Hall–Kier alpha value is -3.33. The van der Waals surface area contributed by atoms with Gasteiger partial charge in [0.2, 0.25) is 0 Å². The van der Waals surface area contributed by atoms with Gasteiger partial charge < -0.3 is 24.6 Å². The summed E-state index contributed by atoms with van der Waals surface area (Å²) >= 11 is 0. The number of amides is 1. The lowest BCUT2D eigenvalue weighted by Gasteiger charge is -2.36. The van der Waals surface area contributed by atoms with E-state index in [0.717, 1.165) is 30.9 Å². The number of benzene rings is 2. The van der Waals surface area contributed by atoms with Crippen molar-refractivity contribution >= 4 is 23.0 Å². The summed E-state index contributed by atoms with van der Waals surface area (Å²) < 4.78 is 11.1. The quantitative estimate of drug-likeness (QED) is 0.481. The van der Waals surface area contributed by atoms with Crippen molar-refractivity contribution in [3.05, 3.63) is 58.1 Å². The smallest absolute Gasteiger partial charge is 0.292 e. The molecule has 1 N–H and O–H groups in total. The van der Waals surface area contributed by atoms with Crippen LogP contribution in [0.15, 0.2) is 42.5 Å². The molecule has 0 aromatic heterocycles. The molecule has 2 aromatic carbocycles. The van der Waals surface area contributed by atoms with E-state index in [2.05, 4.69) is 10.2 Å². The highest BCUT2D eigenvalue weighted by atomic mass is 16.6. The van der Waals surface area contributed by atoms with Crippen molar-refractivity contribution in [1.29, 1.82) is 0 Å². The van der Waals surface area contributed by atoms with Crippen LogP contribution >= 0.6 is 0 Å². The fourth-order valence-corrected chi connectivity index (χ4v) is 4.26. The Morgan fingerprint density at radius 2 is 1.94 bits per heavy atom. The number of carbonyl (C=O) groups is 1. The van der Waals surface area contributed by atoms with Crippen LogP contribution in [0, 0.1) is 10.1 Å². The Kier molecular flexibility index (Phi) is 7.29.